The molecule has 1 aliphatic heterocycles. The quantitative estimate of drug-likeness (QED) is 0.380. The monoisotopic (exact) mass is 503 g/mol. The van der Waals surface area contributed by atoms with Crippen LogP contribution in [-0.2, 0) is 11.8 Å². The molecule has 1 heteroatoms. The van der Waals surface area contributed by atoms with Gasteiger partial charge in [-0.25, -0.2) is 0 Å². The van der Waals surface area contributed by atoms with Crippen LogP contribution in [0.2, 0.25) is 0 Å². The molecule has 5 rings (SSSR count). The van der Waals surface area contributed by atoms with Crippen LogP contribution in [0, 0.1) is 17.3 Å². The van der Waals surface area contributed by atoms with E-state index in [4.69, 9.17) is 4.99 Å². The van der Waals surface area contributed by atoms with E-state index in [-0.39, 0.29) is 5.41 Å². The van der Waals surface area contributed by atoms with E-state index >= 15 is 0 Å². The molecule has 4 aliphatic rings. The minimum absolute atomic E-state index is 0.266. The average Bonchev–Trinajstić information content (AvgIpc) is 2.91. The van der Waals surface area contributed by atoms with E-state index in [1.54, 1.807) is 11.1 Å². The van der Waals surface area contributed by atoms with Crippen molar-refractivity contribution in [2.45, 2.75) is 160 Å². The molecule has 3 aliphatic carbocycles. The molecule has 0 amide bonds. The summed E-state index contributed by atoms with van der Waals surface area (Å²) in [6.45, 7) is 1.04. The molecular weight excluding hydrogens is 446 g/mol. The van der Waals surface area contributed by atoms with Crippen LogP contribution in [0.1, 0.15) is 159 Å². The third-order valence-electron chi connectivity index (χ3n) is 11.4. The lowest BCUT2D eigenvalue weighted by Gasteiger charge is -2.43. The first kappa shape index (κ1) is 27.5. The Balaban J connectivity index is 1.40. The molecule has 0 aromatic heterocycles. The van der Waals surface area contributed by atoms with Gasteiger partial charge in [0.2, 0.25) is 0 Å². The first-order valence-corrected chi connectivity index (χ1v) is 16.8. The lowest BCUT2D eigenvalue weighted by atomic mass is 9.63. The average molecular weight is 504 g/mol. The van der Waals surface area contributed by atoms with Gasteiger partial charge < -0.3 is 0 Å². The molecule has 1 nitrogen and oxygen atoms in total. The van der Waals surface area contributed by atoms with Crippen LogP contribution in [0.25, 0.3) is 0 Å². The standard InChI is InChI=1S/C36H57N/c1-2-4-12-22-35-23-13-11-20-33-19-9-10-21-34(33)36(26-25-35,30-37-28-27-35)24-14-18-32(15-6-3-1)29-31-16-7-5-8-17-31/h9-10,19,21,28,31-32H,1-8,11-18,20,22-27,29-30H2/t32?,35-,36+/m1/s1. The number of aliphatic imine (C=N–C) groups is 1. The molecule has 0 saturated heterocycles. The summed E-state index contributed by atoms with van der Waals surface area (Å²) in [5.74, 6) is 2.00. The van der Waals surface area contributed by atoms with E-state index < -0.39 is 0 Å². The van der Waals surface area contributed by atoms with E-state index in [2.05, 4.69) is 30.5 Å². The Bertz CT molecular complexity index is 835. The Kier molecular flexibility index (Phi) is 10.2. The van der Waals surface area contributed by atoms with Crippen LogP contribution in [0.15, 0.2) is 29.3 Å². The number of hydrogen-bond donors (Lipinski definition) is 0. The van der Waals surface area contributed by atoms with Crippen molar-refractivity contribution < 1.29 is 0 Å². The van der Waals surface area contributed by atoms with Gasteiger partial charge in [-0.2, -0.15) is 0 Å². The Labute approximate surface area is 229 Å². The number of fused-ring (bicyclic) bond motifs is 1. The maximum atomic E-state index is 5.25. The van der Waals surface area contributed by atoms with Crippen molar-refractivity contribution in [3.63, 3.8) is 0 Å². The zero-order valence-corrected chi connectivity index (χ0v) is 24.2. The summed E-state index contributed by atoms with van der Waals surface area (Å²) >= 11 is 0. The zero-order chi connectivity index (χ0) is 25.2. The highest BCUT2D eigenvalue weighted by atomic mass is 14.7. The van der Waals surface area contributed by atoms with Crippen molar-refractivity contribution in [2.24, 2.45) is 22.2 Å². The molecule has 2 fully saturated rings. The highest BCUT2D eigenvalue weighted by Gasteiger charge is 2.39. The second-order valence-corrected chi connectivity index (χ2v) is 14.0. The van der Waals surface area contributed by atoms with Gasteiger partial charge in [0.1, 0.15) is 0 Å². The number of aryl methyl sites for hydroxylation is 1. The molecule has 1 unspecified atom stereocenters. The van der Waals surface area contributed by atoms with E-state index in [0.29, 0.717) is 5.41 Å². The van der Waals surface area contributed by atoms with Crippen molar-refractivity contribution in [2.75, 3.05) is 6.54 Å². The van der Waals surface area contributed by atoms with Crippen LogP contribution in [0.5, 0.6) is 0 Å². The normalized spacial score (nSPS) is 33.4. The van der Waals surface area contributed by atoms with Gasteiger partial charge >= 0.3 is 0 Å². The van der Waals surface area contributed by atoms with Crippen molar-refractivity contribution in [3.05, 3.63) is 35.4 Å². The van der Waals surface area contributed by atoms with Gasteiger partial charge in [-0.1, -0.05) is 121 Å². The fraction of sp³-hybridized carbons (Fsp3) is 0.806. The third-order valence-corrected chi connectivity index (χ3v) is 11.4. The summed E-state index contributed by atoms with van der Waals surface area (Å²) in [6.07, 6.45) is 37.0. The zero-order valence-electron chi connectivity index (χ0n) is 24.2. The van der Waals surface area contributed by atoms with Gasteiger partial charge in [-0.15, -0.1) is 0 Å². The summed E-state index contributed by atoms with van der Waals surface area (Å²) in [5, 5.41) is 0. The van der Waals surface area contributed by atoms with Crippen LogP contribution < -0.4 is 0 Å². The maximum Gasteiger partial charge on any atom is 0.0482 e. The topological polar surface area (TPSA) is 12.4 Å². The lowest BCUT2D eigenvalue weighted by Crippen LogP contribution is -2.37. The molecule has 3 atom stereocenters. The van der Waals surface area contributed by atoms with E-state index in [1.807, 2.05) is 0 Å². The number of hydrogen-bond acceptors (Lipinski definition) is 1. The number of nitrogens with zero attached hydrogens (tertiary/aromatic N) is 1. The summed E-state index contributed by atoms with van der Waals surface area (Å²) in [5.41, 5.74) is 4.12. The van der Waals surface area contributed by atoms with Gasteiger partial charge in [0.05, 0.1) is 0 Å². The predicted octanol–water partition coefficient (Wildman–Crippen LogP) is 10.8. The Morgan fingerprint density at radius 1 is 0.622 bits per heavy atom. The Hall–Kier alpha value is -1.11. The molecule has 0 spiro atoms. The first-order valence-electron chi connectivity index (χ1n) is 16.8. The van der Waals surface area contributed by atoms with Crippen LogP contribution in [0.4, 0.5) is 0 Å². The smallest absolute Gasteiger partial charge is 0.0482 e. The van der Waals surface area contributed by atoms with Crippen molar-refractivity contribution >= 4 is 6.21 Å². The molecular formula is C36H57N. The second kappa shape index (κ2) is 13.8. The number of benzene rings is 1. The minimum Gasteiger partial charge on any atom is -0.297 e. The molecule has 0 radical (unpaired) electrons. The molecule has 1 aromatic rings. The van der Waals surface area contributed by atoms with Crippen molar-refractivity contribution in [3.8, 4) is 0 Å². The summed E-state index contributed by atoms with van der Waals surface area (Å²) in [7, 11) is 0. The largest absolute Gasteiger partial charge is 0.297 e. The predicted molar refractivity (Wildman–Crippen MR) is 161 cm³/mol. The fourth-order valence-corrected chi connectivity index (χ4v) is 9.04. The van der Waals surface area contributed by atoms with Gasteiger partial charge in [0.15, 0.2) is 0 Å². The van der Waals surface area contributed by atoms with E-state index in [0.717, 1.165) is 18.4 Å². The summed E-state index contributed by atoms with van der Waals surface area (Å²) < 4.78 is 0. The molecule has 1 heterocycles. The summed E-state index contributed by atoms with van der Waals surface area (Å²) in [4.78, 5) is 5.25. The van der Waals surface area contributed by atoms with Crippen molar-refractivity contribution in [1.82, 2.24) is 0 Å². The van der Waals surface area contributed by atoms with Gasteiger partial charge in [-0.05, 0) is 92.4 Å². The van der Waals surface area contributed by atoms with Gasteiger partial charge in [0.25, 0.3) is 0 Å². The SMILES string of the molecule is C1=NC[C@@]23CCCC(CC4CCCCC4)CCCCCCCC[C@@](C1)(CCCCc1ccccc12)CC3. The van der Waals surface area contributed by atoms with Crippen LogP contribution >= 0.6 is 0 Å². The maximum absolute atomic E-state index is 5.25. The first-order chi connectivity index (χ1) is 18.3. The van der Waals surface area contributed by atoms with Gasteiger partial charge in [0, 0.05) is 12.0 Å². The molecule has 2 bridgehead atoms. The summed E-state index contributed by atoms with van der Waals surface area (Å²) in [6, 6.07) is 9.62. The number of rotatable bonds is 2. The van der Waals surface area contributed by atoms with Gasteiger partial charge in [-0.3, -0.25) is 4.99 Å². The van der Waals surface area contributed by atoms with E-state index in [1.165, 1.54) is 154 Å². The Morgan fingerprint density at radius 2 is 1.27 bits per heavy atom. The highest BCUT2D eigenvalue weighted by Crippen LogP contribution is 2.48. The highest BCUT2D eigenvalue weighted by molar-refractivity contribution is 5.59. The fourth-order valence-electron chi connectivity index (χ4n) is 9.04. The van der Waals surface area contributed by atoms with Crippen molar-refractivity contribution in [1.29, 1.82) is 0 Å². The molecule has 1 aromatic carbocycles. The Morgan fingerprint density at radius 3 is 2.08 bits per heavy atom. The van der Waals surface area contributed by atoms with E-state index in [9.17, 15) is 0 Å². The molecule has 2 saturated carbocycles. The molecule has 0 N–H and O–H groups in total. The van der Waals surface area contributed by atoms with Crippen LogP contribution in [0.3, 0.4) is 0 Å². The third kappa shape index (κ3) is 7.51. The molecule has 37 heavy (non-hydrogen) atoms. The lowest BCUT2D eigenvalue weighted by molar-refractivity contribution is 0.172. The second-order valence-electron chi connectivity index (χ2n) is 14.0. The minimum atomic E-state index is 0.266. The molecule has 206 valence electrons. The van der Waals surface area contributed by atoms with Crippen LogP contribution in [-0.4, -0.2) is 12.8 Å².